The largest absolute Gasteiger partial charge is 0.326 e. The number of rotatable bonds is 5. The Morgan fingerprint density at radius 1 is 1.06 bits per heavy atom. The number of amides is 2. The van der Waals surface area contributed by atoms with Gasteiger partial charge >= 0.3 is 0 Å². The van der Waals surface area contributed by atoms with Gasteiger partial charge in [-0.2, -0.15) is 5.26 Å². The lowest BCUT2D eigenvalue weighted by Gasteiger charge is -2.11. The Morgan fingerprint density at radius 2 is 1.75 bits per heavy atom. The molecule has 0 atom stereocenters. The second-order valence-electron chi connectivity index (χ2n) is 7.12. The number of carbonyl (C=O) groups excluding carboxylic acids is 2. The van der Waals surface area contributed by atoms with Crippen molar-refractivity contribution >= 4 is 52.5 Å². The van der Waals surface area contributed by atoms with Gasteiger partial charge in [-0.05, 0) is 68.0 Å². The Kier molecular flexibility index (Phi) is 7.04. The molecule has 8 heteroatoms. The molecule has 32 heavy (non-hydrogen) atoms. The summed E-state index contributed by atoms with van der Waals surface area (Å²) in [5.74, 6) is -0.721. The molecule has 2 amide bonds. The number of hydrogen-bond acceptors (Lipinski definition) is 3. The summed E-state index contributed by atoms with van der Waals surface area (Å²) < 4.78 is 2.00. The molecule has 6 nitrogen and oxygen atoms in total. The van der Waals surface area contributed by atoms with Gasteiger partial charge in [0, 0.05) is 29.7 Å². The molecule has 162 valence electrons. The minimum Gasteiger partial charge on any atom is -0.326 e. The van der Waals surface area contributed by atoms with Crippen molar-refractivity contribution in [1.82, 2.24) is 4.57 Å². The highest BCUT2D eigenvalue weighted by Crippen LogP contribution is 2.30. The van der Waals surface area contributed by atoms with Crippen LogP contribution in [0.2, 0.25) is 10.0 Å². The first-order valence-corrected chi connectivity index (χ1v) is 10.4. The lowest BCUT2D eigenvalue weighted by molar-refractivity contribution is -0.114. The minimum atomic E-state index is -0.582. The monoisotopic (exact) mass is 466 g/mol. The molecular weight excluding hydrogens is 447 g/mol. The number of benzene rings is 2. The van der Waals surface area contributed by atoms with Crippen LogP contribution in [0.4, 0.5) is 11.4 Å². The van der Waals surface area contributed by atoms with Crippen molar-refractivity contribution in [2.24, 2.45) is 0 Å². The van der Waals surface area contributed by atoms with Crippen molar-refractivity contribution in [3.05, 3.63) is 81.1 Å². The van der Waals surface area contributed by atoms with Gasteiger partial charge in [-0.15, -0.1) is 0 Å². The second kappa shape index (κ2) is 9.73. The van der Waals surface area contributed by atoms with Gasteiger partial charge in [0.25, 0.3) is 5.91 Å². The Morgan fingerprint density at radius 3 is 2.38 bits per heavy atom. The minimum absolute atomic E-state index is 0.0673. The van der Waals surface area contributed by atoms with Crippen LogP contribution >= 0.6 is 23.2 Å². The molecule has 0 spiro atoms. The number of nitriles is 1. The molecule has 1 heterocycles. The first kappa shape index (κ1) is 23.1. The van der Waals surface area contributed by atoms with Crippen LogP contribution in [0.5, 0.6) is 0 Å². The van der Waals surface area contributed by atoms with Crippen LogP contribution in [0, 0.1) is 25.2 Å². The molecule has 2 aromatic carbocycles. The summed E-state index contributed by atoms with van der Waals surface area (Å²) in [7, 11) is 0. The zero-order valence-electron chi connectivity index (χ0n) is 17.7. The van der Waals surface area contributed by atoms with Crippen LogP contribution in [-0.2, 0) is 9.59 Å². The molecule has 3 rings (SSSR count). The van der Waals surface area contributed by atoms with E-state index in [0.29, 0.717) is 16.4 Å². The molecular formula is C24H20Cl2N4O2. The Balaban J connectivity index is 1.90. The highest BCUT2D eigenvalue weighted by atomic mass is 35.5. The van der Waals surface area contributed by atoms with Crippen molar-refractivity contribution < 1.29 is 9.59 Å². The number of halogens is 2. The third-order valence-electron chi connectivity index (χ3n) is 4.78. The zero-order valence-corrected chi connectivity index (χ0v) is 19.2. The normalized spacial score (nSPS) is 11.1. The summed E-state index contributed by atoms with van der Waals surface area (Å²) >= 11 is 12.1. The average molecular weight is 467 g/mol. The van der Waals surface area contributed by atoms with Gasteiger partial charge in [0.05, 0.1) is 15.7 Å². The van der Waals surface area contributed by atoms with Crippen molar-refractivity contribution in [1.29, 1.82) is 5.26 Å². The third kappa shape index (κ3) is 5.02. The fourth-order valence-electron chi connectivity index (χ4n) is 3.32. The molecule has 0 fully saturated rings. The number of carbonyl (C=O) groups is 2. The predicted molar refractivity (Wildman–Crippen MR) is 128 cm³/mol. The number of hydrogen-bond donors (Lipinski definition) is 2. The fraction of sp³-hybridized carbons (Fsp3) is 0.125. The second-order valence-corrected chi connectivity index (χ2v) is 7.90. The molecule has 0 aliphatic carbocycles. The van der Waals surface area contributed by atoms with Crippen molar-refractivity contribution in [3.63, 3.8) is 0 Å². The maximum atomic E-state index is 12.7. The van der Waals surface area contributed by atoms with Gasteiger partial charge in [-0.25, -0.2) is 0 Å². The molecule has 3 aromatic rings. The first-order valence-electron chi connectivity index (χ1n) is 9.65. The van der Waals surface area contributed by atoms with E-state index in [-0.39, 0.29) is 16.5 Å². The van der Waals surface area contributed by atoms with Gasteiger partial charge in [-0.1, -0.05) is 29.3 Å². The van der Waals surface area contributed by atoms with Gasteiger partial charge in [0.1, 0.15) is 11.6 Å². The standard InChI is InChI=1S/C24H20Cl2N4O2/c1-14-11-17(15(2)30(14)20-9-7-19(8-10-20)28-16(3)31)12-18(13-27)24(32)29-22-6-4-5-21(25)23(22)26/h4-12H,1-3H3,(H,28,31)(H,29,32)/b18-12-. The summed E-state index contributed by atoms with van der Waals surface area (Å²) in [4.78, 5) is 23.9. The molecule has 0 unspecified atom stereocenters. The molecule has 1 aromatic heterocycles. The van der Waals surface area contributed by atoms with Crippen LogP contribution < -0.4 is 10.6 Å². The lowest BCUT2D eigenvalue weighted by atomic mass is 10.1. The SMILES string of the molecule is CC(=O)Nc1ccc(-n2c(C)cc(/C=C(/C#N)C(=O)Nc3cccc(Cl)c3Cl)c2C)cc1. The van der Waals surface area contributed by atoms with Crippen LogP contribution in [-0.4, -0.2) is 16.4 Å². The molecule has 0 aliphatic heterocycles. The van der Waals surface area contributed by atoms with Crippen molar-refractivity contribution in [2.75, 3.05) is 10.6 Å². The molecule has 0 radical (unpaired) electrons. The van der Waals surface area contributed by atoms with Gasteiger partial charge in [0.2, 0.25) is 5.91 Å². The number of nitrogens with one attached hydrogen (secondary N) is 2. The van der Waals surface area contributed by atoms with Gasteiger partial charge in [0.15, 0.2) is 0 Å². The van der Waals surface area contributed by atoms with E-state index < -0.39 is 5.91 Å². The summed E-state index contributed by atoms with van der Waals surface area (Å²) in [5.41, 5.74) is 4.37. The first-order chi connectivity index (χ1) is 15.2. The topological polar surface area (TPSA) is 86.9 Å². The van der Waals surface area contributed by atoms with Crippen LogP contribution in [0.15, 0.2) is 54.1 Å². The number of anilines is 2. The third-order valence-corrected chi connectivity index (χ3v) is 5.60. The van der Waals surface area contributed by atoms with E-state index in [1.54, 1.807) is 18.2 Å². The van der Waals surface area contributed by atoms with Crippen LogP contribution in [0.25, 0.3) is 11.8 Å². The molecule has 0 saturated heterocycles. The maximum Gasteiger partial charge on any atom is 0.266 e. The lowest BCUT2D eigenvalue weighted by Crippen LogP contribution is -2.13. The van der Waals surface area contributed by atoms with E-state index in [1.165, 1.54) is 13.0 Å². The molecule has 0 aliphatic rings. The van der Waals surface area contributed by atoms with E-state index in [4.69, 9.17) is 23.2 Å². The Labute approximate surface area is 196 Å². The van der Waals surface area contributed by atoms with Gasteiger partial charge in [-0.3, -0.25) is 9.59 Å². The van der Waals surface area contributed by atoms with E-state index >= 15 is 0 Å². The summed E-state index contributed by atoms with van der Waals surface area (Å²) in [6.07, 6.45) is 1.54. The summed E-state index contributed by atoms with van der Waals surface area (Å²) in [5, 5.41) is 15.4. The number of aryl methyl sites for hydroxylation is 1. The zero-order chi connectivity index (χ0) is 23.4. The van der Waals surface area contributed by atoms with E-state index in [9.17, 15) is 14.9 Å². The van der Waals surface area contributed by atoms with E-state index in [2.05, 4.69) is 10.6 Å². The number of aromatic nitrogens is 1. The van der Waals surface area contributed by atoms with Crippen molar-refractivity contribution in [3.8, 4) is 11.8 Å². The van der Waals surface area contributed by atoms with Crippen molar-refractivity contribution in [2.45, 2.75) is 20.8 Å². The Hall–Kier alpha value is -3.53. The van der Waals surface area contributed by atoms with E-state index in [1.807, 2.05) is 54.8 Å². The quantitative estimate of drug-likeness (QED) is 0.362. The summed E-state index contributed by atoms with van der Waals surface area (Å²) in [6, 6.07) is 16.1. The Bertz CT molecular complexity index is 1270. The average Bonchev–Trinajstić information content (AvgIpc) is 3.02. The highest BCUT2D eigenvalue weighted by molar-refractivity contribution is 6.44. The van der Waals surface area contributed by atoms with Crippen LogP contribution in [0.3, 0.4) is 0 Å². The van der Waals surface area contributed by atoms with Gasteiger partial charge < -0.3 is 15.2 Å². The van der Waals surface area contributed by atoms with Crippen LogP contribution in [0.1, 0.15) is 23.9 Å². The molecule has 2 N–H and O–H groups in total. The predicted octanol–water partition coefficient (Wildman–Crippen LogP) is 5.91. The highest BCUT2D eigenvalue weighted by Gasteiger charge is 2.15. The van der Waals surface area contributed by atoms with E-state index in [0.717, 1.165) is 22.6 Å². The molecule has 0 bridgehead atoms. The fourth-order valence-corrected chi connectivity index (χ4v) is 3.67. The summed E-state index contributed by atoms with van der Waals surface area (Å²) in [6.45, 7) is 5.29. The maximum absolute atomic E-state index is 12.7. The molecule has 0 saturated carbocycles. The number of nitrogens with zero attached hydrogens (tertiary/aromatic N) is 2. The smallest absolute Gasteiger partial charge is 0.266 e.